The summed E-state index contributed by atoms with van der Waals surface area (Å²) in [5, 5.41) is 13.3. The highest BCUT2D eigenvalue weighted by atomic mass is 16.7. The Balaban J connectivity index is 3.08. The van der Waals surface area contributed by atoms with Crippen molar-refractivity contribution in [1.82, 2.24) is 0 Å². The first-order valence-electron chi connectivity index (χ1n) is 4.50. The molecule has 0 heterocycles. The molecule has 1 aliphatic carbocycles. The highest BCUT2D eigenvalue weighted by molar-refractivity contribution is 5.95. The molecular formula is C9H16N2O2. The van der Waals surface area contributed by atoms with Gasteiger partial charge in [-0.2, -0.15) is 0 Å². The van der Waals surface area contributed by atoms with Crippen molar-refractivity contribution in [2.24, 2.45) is 15.9 Å². The van der Waals surface area contributed by atoms with Crippen LogP contribution in [0.1, 0.15) is 40.5 Å². The lowest BCUT2D eigenvalue weighted by molar-refractivity contribution is -0.485. The fourth-order valence-corrected chi connectivity index (χ4v) is 2.13. The van der Waals surface area contributed by atoms with E-state index in [0.29, 0.717) is 0 Å². The number of hydrogen-bond acceptors (Lipinski definition) is 2. The molecule has 0 aromatic rings. The van der Waals surface area contributed by atoms with E-state index in [2.05, 4.69) is 5.10 Å². The summed E-state index contributed by atoms with van der Waals surface area (Å²) in [5.41, 5.74) is 0.498. The summed E-state index contributed by atoms with van der Waals surface area (Å²) in [6, 6.07) is 0. The largest absolute Gasteiger partial charge is 0.233 e. The Kier molecular flexibility index (Phi) is 2.18. The molecule has 4 heteroatoms. The predicted molar refractivity (Wildman–Crippen MR) is 51.2 cm³/mol. The van der Waals surface area contributed by atoms with Gasteiger partial charge >= 0.3 is 0 Å². The van der Waals surface area contributed by atoms with Crippen molar-refractivity contribution in [2.75, 3.05) is 0 Å². The lowest BCUT2D eigenvalue weighted by atomic mass is 9.82. The molecule has 0 aromatic heterocycles. The summed E-state index contributed by atoms with van der Waals surface area (Å²) in [6.07, 6.45) is 1.96. The minimum atomic E-state index is -0.579. The Morgan fingerprint density at radius 1 is 1.23 bits per heavy atom. The van der Waals surface area contributed by atoms with Gasteiger partial charge in [-0.15, -0.1) is 0 Å². The molecule has 1 saturated carbocycles. The third-order valence-electron chi connectivity index (χ3n) is 2.84. The van der Waals surface area contributed by atoms with Crippen LogP contribution in [0, 0.1) is 20.9 Å². The van der Waals surface area contributed by atoms with E-state index in [-0.39, 0.29) is 10.8 Å². The van der Waals surface area contributed by atoms with E-state index in [9.17, 15) is 10.1 Å². The molecule has 0 unspecified atom stereocenters. The summed E-state index contributed by atoms with van der Waals surface area (Å²) < 4.78 is 0. The van der Waals surface area contributed by atoms with Gasteiger partial charge in [-0.05, 0) is 12.8 Å². The molecule has 0 atom stereocenters. The first-order valence-corrected chi connectivity index (χ1v) is 4.50. The van der Waals surface area contributed by atoms with Crippen LogP contribution in [-0.4, -0.2) is 10.7 Å². The van der Waals surface area contributed by atoms with Gasteiger partial charge in [0.2, 0.25) is 0 Å². The SMILES string of the molecule is CC1(C)CCC(C)(C)C1=N[N+](=O)[O-]. The smallest absolute Gasteiger partial charge is 0.190 e. The summed E-state index contributed by atoms with van der Waals surface area (Å²) >= 11 is 0. The molecule has 1 aliphatic rings. The Bertz CT molecular complexity index is 249. The van der Waals surface area contributed by atoms with Crippen LogP contribution in [0.15, 0.2) is 5.10 Å². The lowest BCUT2D eigenvalue weighted by Gasteiger charge is -2.22. The van der Waals surface area contributed by atoms with Gasteiger partial charge < -0.3 is 0 Å². The third kappa shape index (κ3) is 1.87. The minimum Gasteiger partial charge on any atom is -0.233 e. The molecule has 0 aliphatic heterocycles. The molecule has 0 amide bonds. The normalized spacial score (nSPS) is 24.5. The number of nitro groups is 1. The summed E-state index contributed by atoms with van der Waals surface area (Å²) in [7, 11) is 0. The molecule has 0 aromatic carbocycles. The van der Waals surface area contributed by atoms with Gasteiger partial charge in [0, 0.05) is 10.8 Å². The molecule has 1 rings (SSSR count). The van der Waals surface area contributed by atoms with Gasteiger partial charge in [-0.25, -0.2) is 10.1 Å². The molecule has 0 saturated heterocycles. The van der Waals surface area contributed by atoms with Crippen molar-refractivity contribution in [1.29, 1.82) is 0 Å². The number of rotatable bonds is 1. The fourth-order valence-electron chi connectivity index (χ4n) is 2.13. The summed E-state index contributed by atoms with van der Waals surface area (Å²) in [5.74, 6) is 0. The topological polar surface area (TPSA) is 55.5 Å². The molecule has 0 radical (unpaired) electrons. The highest BCUT2D eigenvalue weighted by Gasteiger charge is 2.45. The maximum Gasteiger partial charge on any atom is 0.190 e. The van der Waals surface area contributed by atoms with E-state index in [1.807, 2.05) is 27.7 Å². The van der Waals surface area contributed by atoms with Crippen molar-refractivity contribution in [3.63, 3.8) is 0 Å². The van der Waals surface area contributed by atoms with Gasteiger partial charge in [0.15, 0.2) is 5.03 Å². The zero-order valence-corrected chi connectivity index (χ0v) is 8.63. The van der Waals surface area contributed by atoms with E-state index in [0.717, 1.165) is 18.6 Å². The molecule has 0 bridgehead atoms. The van der Waals surface area contributed by atoms with Crippen LogP contribution < -0.4 is 0 Å². The zero-order valence-electron chi connectivity index (χ0n) is 8.63. The Morgan fingerprint density at radius 3 is 1.92 bits per heavy atom. The highest BCUT2D eigenvalue weighted by Crippen LogP contribution is 2.46. The molecule has 0 N–H and O–H groups in total. The predicted octanol–water partition coefficient (Wildman–Crippen LogP) is 2.47. The Hall–Kier alpha value is -0.930. The van der Waals surface area contributed by atoms with Crippen LogP contribution >= 0.6 is 0 Å². The second kappa shape index (κ2) is 2.79. The number of nitrogens with zero attached hydrogens (tertiary/aromatic N) is 2. The van der Waals surface area contributed by atoms with Crippen LogP contribution in [-0.2, 0) is 0 Å². The Labute approximate surface area is 78.2 Å². The molecule has 74 valence electrons. The van der Waals surface area contributed by atoms with Crippen molar-refractivity contribution in [3.8, 4) is 0 Å². The van der Waals surface area contributed by atoms with Crippen LogP contribution in [0.25, 0.3) is 0 Å². The van der Waals surface area contributed by atoms with Gasteiger partial charge in [-0.1, -0.05) is 27.7 Å². The number of hydrazone groups is 1. The van der Waals surface area contributed by atoms with E-state index >= 15 is 0 Å². The molecule has 13 heavy (non-hydrogen) atoms. The van der Waals surface area contributed by atoms with E-state index in [4.69, 9.17) is 0 Å². The number of hydrogen-bond donors (Lipinski definition) is 0. The van der Waals surface area contributed by atoms with Crippen LogP contribution in [0.3, 0.4) is 0 Å². The first-order chi connectivity index (χ1) is 5.76. The maximum atomic E-state index is 10.3. The van der Waals surface area contributed by atoms with E-state index in [1.165, 1.54) is 0 Å². The third-order valence-corrected chi connectivity index (χ3v) is 2.84. The second-order valence-corrected chi connectivity index (χ2v) is 4.95. The quantitative estimate of drug-likeness (QED) is 0.464. The van der Waals surface area contributed by atoms with Gasteiger partial charge in [-0.3, -0.25) is 0 Å². The van der Waals surface area contributed by atoms with Crippen LogP contribution in [0.4, 0.5) is 0 Å². The molecular weight excluding hydrogens is 168 g/mol. The molecule has 4 nitrogen and oxygen atoms in total. The molecule has 0 spiro atoms. The monoisotopic (exact) mass is 184 g/mol. The van der Waals surface area contributed by atoms with Crippen LogP contribution in [0.5, 0.6) is 0 Å². The van der Waals surface area contributed by atoms with Crippen molar-refractivity contribution < 1.29 is 5.03 Å². The zero-order chi connectivity index (χ0) is 10.3. The molecule has 1 fully saturated rings. The van der Waals surface area contributed by atoms with Crippen molar-refractivity contribution in [3.05, 3.63) is 10.1 Å². The second-order valence-electron chi connectivity index (χ2n) is 4.95. The van der Waals surface area contributed by atoms with E-state index in [1.54, 1.807) is 0 Å². The van der Waals surface area contributed by atoms with Crippen molar-refractivity contribution >= 4 is 5.71 Å². The van der Waals surface area contributed by atoms with Gasteiger partial charge in [0.25, 0.3) is 0 Å². The van der Waals surface area contributed by atoms with Gasteiger partial charge in [0.1, 0.15) is 5.71 Å². The standard InChI is InChI=1S/C9H16N2O2/c1-8(2)5-6-9(3,4)7(8)10-11(12)13/h5-6H2,1-4H3. The first kappa shape index (κ1) is 10.2. The Morgan fingerprint density at radius 2 is 1.62 bits per heavy atom. The minimum absolute atomic E-state index is 0.115. The average molecular weight is 184 g/mol. The van der Waals surface area contributed by atoms with Gasteiger partial charge in [0.05, 0.1) is 5.10 Å². The van der Waals surface area contributed by atoms with E-state index < -0.39 is 5.03 Å². The van der Waals surface area contributed by atoms with Crippen molar-refractivity contribution in [2.45, 2.75) is 40.5 Å². The fraction of sp³-hybridized carbons (Fsp3) is 0.889. The lowest BCUT2D eigenvalue weighted by Crippen LogP contribution is -2.28. The maximum absolute atomic E-state index is 10.3. The van der Waals surface area contributed by atoms with Crippen LogP contribution in [0.2, 0.25) is 0 Å². The summed E-state index contributed by atoms with van der Waals surface area (Å²) in [4.78, 5) is 10.3. The average Bonchev–Trinajstić information content (AvgIpc) is 2.12. The summed E-state index contributed by atoms with van der Waals surface area (Å²) in [6.45, 7) is 8.07.